The predicted molar refractivity (Wildman–Crippen MR) is 62.5 cm³/mol. The van der Waals surface area contributed by atoms with Crippen molar-refractivity contribution < 1.29 is 14.3 Å². The second-order valence-corrected chi connectivity index (χ2v) is 4.46. The van der Waals surface area contributed by atoms with Crippen molar-refractivity contribution in [2.24, 2.45) is 0 Å². The van der Waals surface area contributed by atoms with Gasteiger partial charge in [-0.1, -0.05) is 30.3 Å². The molecule has 1 amide bonds. The lowest BCUT2D eigenvalue weighted by molar-refractivity contribution is 0.119. The molecule has 0 spiro atoms. The standard InChI is InChI=1S/C13H16FNO2/c14-11-6-7-12(8-11)15(13(16)17)9-10-4-2-1-3-5-10/h1-5,11-12H,6-9H2,(H,16,17)/t11-,12+/m0/s1. The Labute approximate surface area is 99.9 Å². The minimum atomic E-state index is -0.965. The van der Waals surface area contributed by atoms with Crippen molar-refractivity contribution in [2.75, 3.05) is 0 Å². The van der Waals surface area contributed by atoms with E-state index in [-0.39, 0.29) is 6.04 Å². The van der Waals surface area contributed by atoms with E-state index in [1.54, 1.807) is 0 Å². The van der Waals surface area contributed by atoms with Gasteiger partial charge in [0.2, 0.25) is 0 Å². The lowest BCUT2D eigenvalue weighted by atomic mass is 10.1. The Morgan fingerprint density at radius 1 is 1.35 bits per heavy atom. The number of carboxylic acid groups (broad SMARTS) is 1. The zero-order valence-corrected chi connectivity index (χ0v) is 9.55. The van der Waals surface area contributed by atoms with Crippen LogP contribution in [0, 0.1) is 0 Å². The van der Waals surface area contributed by atoms with Crippen molar-refractivity contribution in [1.82, 2.24) is 4.90 Å². The van der Waals surface area contributed by atoms with Crippen molar-refractivity contribution in [3.8, 4) is 0 Å². The fourth-order valence-electron chi connectivity index (χ4n) is 2.32. The van der Waals surface area contributed by atoms with E-state index in [1.807, 2.05) is 30.3 Å². The summed E-state index contributed by atoms with van der Waals surface area (Å²) in [6, 6.07) is 9.24. The van der Waals surface area contributed by atoms with E-state index in [0.29, 0.717) is 25.8 Å². The van der Waals surface area contributed by atoms with Gasteiger partial charge < -0.3 is 10.0 Å². The monoisotopic (exact) mass is 237 g/mol. The van der Waals surface area contributed by atoms with Gasteiger partial charge in [0.05, 0.1) is 0 Å². The third-order valence-electron chi connectivity index (χ3n) is 3.22. The molecule has 1 saturated carbocycles. The summed E-state index contributed by atoms with van der Waals surface area (Å²) in [6.45, 7) is 0.341. The van der Waals surface area contributed by atoms with Crippen LogP contribution in [-0.2, 0) is 6.54 Å². The summed E-state index contributed by atoms with van der Waals surface area (Å²) < 4.78 is 13.1. The number of nitrogens with zero attached hydrogens (tertiary/aromatic N) is 1. The van der Waals surface area contributed by atoms with E-state index in [2.05, 4.69) is 0 Å². The highest BCUT2D eigenvalue weighted by molar-refractivity contribution is 5.65. The van der Waals surface area contributed by atoms with Gasteiger partial charge in [-0.15, -0.1) is 0 Å². The van der Waals surface area contributed by atoms with Gasteiger partial charge in [0.25, 0.3) is 0 Å². The zero-order chi connectivity index (χ0) is 12.3. The topological polar surface area (TPSA) is 40.5 Å². The minimum Gasteiger partial charge on any atom is -0.465 e. The van der Waals surface area contributed by atoms with Crippen molar-refractivity contribution in [3.63, 3.8) is 0 Å². The molecule has 0 heterocycles. The van der Waals surface area contributed by atoms with Crippen molar-refractivity contribution in [2.45, 2.75) is 38.0 Å². The summed E-state index contributed by atoms with van der Waals surface area (Å²) in [5.41, 5.74) is 0.942. The highest BCUT2D eigenvalue weighted by Gasteiger charge is 2.31. The van der Waals surface area contributed by atoms with Crippen LogP contribution in [0.5, 0.6) is 0 Å². The molecule has 92 valence electrons. The van der Waals surface area contributed by atoms with Gasteiger partial charge in [0.1, 0.15) is 6.17 Å². The number of rotatable bonds is 3. The Hall–Kier alpha value is -1.58. The van der Waals surface area contributed by atoms with Gasteiger partial charge in [0.15, 0.2) is 0 Å². The largest absolute Gasteiger partial charge is 0.465 e. The molecule has 0 radical (unpaired) electrons. The number of benzene rings is 1. The highest BCUT2D eigenvalue weighted by Crippen LogP contribution is 2.27. The quantitative estimate of drug-likeness (QED) is 0.877. The van der Waals surface area contributed by atoms with Crippen molar-refractivity contribution in [3.05, 3.63) is 35.9 Å². The predicted octanol–water partition coefficient (Wildman–Crippen LogP) is 3.06. The van der Waals surface area contributed by atoms with Gasteiger partial charge in [-0.3, -0.25) is 0 Å². The van der Waals surface area contributed by atoms with Crippen LogP contribution in [0.3, 0.4) is 0 Å². The molecule has 1 aromatic carbocycles. The third-order valence-corrected chi connectivity index (χ3v) is 3.22. The molecule has 0 aliphatic heterocycles. The summed E-state index contributed by atoms with van der Waals surface area (Å²) in [6.07, 6.45) is -0.381. The number of alkyl halides is 1. The Kier molecular flexibility index (Phi) is 3.61. The Morgan fingerprint density at radius 2 is 2.06 bits per heavy atom. The minimum absolute atomic E-state index is 0.178. The van der Waals surface area contributed by atoms with Crippen LogP contribution in [0.2, 0.25) is 0 Å². The maximum absolute atomic E-state index is 13.1. The summed E-state index contributed by atoms with van der Waals surface area (Å²) in [5, 5.41) is 9.18. The first-order valence-electron chi connectivity index (χ1n) is 5.84. The molecule has 4 heteroatoms. The van der Waals surface area contributed by atoms with Gasteiger partial charge in [-0.25, -0.2) is 9.18 Å². The smallest absolute Gasteiger partial charge is 0.407 e. The molecule has 1 fully saturated rings. The lowest BCUT2D eigenvalue weighted by Crippen LogP contribution is -2.37. The van der Waals surface area contributed by atoms with Gasteiger partial charge in [0, 0.05) is 12.6 Å². The molecule has 1 N–H and O–H groups in total. The number of hydrogen-bond donors (Lipinski definition) is 1. The van der Waals surface area contributed by atoms with Crippen LogP contribution in [0.4, 0.5) is 9.18 Å². The summed E-state index contributed by atoms with van der Waals surface area (Å²) in [4.78, 5) is 12.6. The average Bonchev–Trinajstić information content (AvgIpc) is 2.73. The number of carbonyl (C=O) groups is 1. The SMILES string of the molecule is O=C(O)N(Cc1ccccc1)[C@@H]1CC[C@H](F)C1. The summed E-state index contributed by atoms with van der Waals surface area (Å²) in [7, 11) is 0. The van der Waals surface area contributed by atoms with Crippen molar-refractivity contribution >= 4 is 6.09 Å². The van der Waals surface area contributed by atoms with Crippen LogP contribution in [0.1, 0.15) is 24.8 Å². The van der Waals surface area contributed by atoms with E-state index in [1.165, 1.54) is 4.90 Å². The van der Waals surface area contributed by atoms with Crippen LogP contribution < -0.4 is 0 Å². The molecule has 0 aromatic heterocycles. The summed E-state index contributed by atoms with van der Waals surface area (Å²) >= 11 is 0. The second kappa shape index (κ2) is 5.17. The number of halogens is 1. The first kappa shape index (κ1) is 11.9. The van der Waals surface area contributed by atoms with Gasteiger partial charge >= 0.3 is 6.09 Å². The fourth-order valence-corrected chi connectivity index (χ4v) is 2.32. The molecule has 0 unspecified atom stereocenters. The fraction of sp³-hybridized carbons (Fsp3) is 0.462. The maximum atomic E-state index is 13.1. The van der Waals surface area contributed by atoms with E-state index in [9.17, 15) is 14.3 Å². The van der Waals surface area contributed by atoms with Crippen LogP contribution >= 0.6 is 0 Å². The molecular formula is C13H16FNO2. The molecular weight excluding hydrogens is 221 g/mol. The first-order chi connectivity index (χ1) is 8.16. The van der Waals surface area contributed by atoms with E-state index in [0.717, 1.165) is 5.56 Å². The van der Waals surface area contributed by atoms with E-state index >= 15 is 0 Å². The highest BCUT2D eigenvalue weighted by atomic mass is 19.1. The van der Waals surface area contributed by atoms with Gasteiger partial charge in [-0.2, -0.15) is 0 Å². The van der Waals surface area contributed by atoms with Crippen LogP contribution in [-0.4, -0.2) is 28.3 Å². The number of hydrogen-bond acceptors (Lipinski definition) is 1. The first-order valence-corrected chi connectivity index (χ1v) is 5.84. The molecule has 1 aromatic rings. The van der Waals surface area contributed by atoms with Crippen LogP contribution in [0.15, 0.2) is 30.3 Å². The molecule has 3 nitrogen and oxygen atoms in total. The Bertz CT molecular complexity index is 382. The third kappa shape index (κ3) is 2.96. The molecule has 17 heavy (non-hydrogen) atoms. The normalized spacial score (nSPS) is 23.6. The average molecular weight is 237 g/mol. The lowest BCUT2D eigenvalue weighted by Gasteiger charge is -2.25. The van der Waals surface area contributed by atoms with E-state index < -0.39 is 12.3 Å². The summed E-state index contributed by atoms with van der Waals surface area (Å²) in [5.74, 6) is 0. The molecule has 0 bridgehead atoms. The zero-order valence-electron chi connectivity index (χ0n) is 9.55. The Balaban J connectivity index is 2.05. The van der Waals surface area contributed by atoms with Crippen LogP contribution in [0.25, 0.3) is 0 Å². The molecule has 0 saturated heterocycles. The van der Waals surface area contributed by atoms with Gasteiger partial charge in [-0.05, 0) is 24.8 Å². The molecule has 1 aliphatic carbocycles. The molecule has 2 rings (SSSR count). The number of amides is 1. The second-order valence-electron chi connectivity index (χ2n) is 4.46. The molecule has 1 aliphatic rings. The Morgan fingerprint density at radius 3 is 2.59 bits per heavy atom. The molecule has 2 atom stereocenters. The maximum Gasteiger partial charge on any atom is 0.407 e. The van der Waals surface area contributed by atoms with E-state index in [4.69, 9.17) is 0 Å². The van der Waals surface area contributed by atoms with Crippen molar-refractivity contribution in [1.29, 1.82) is 0 Å².